The summed E-state index contributed by atoms with van der Waals surface area (Å²) in [6.45, 7) is 3.86. The van der Waals surface area contributed by atoms with Crippen molar-refractivity contribution in [2.75, 3.05) is 31.2 Å². The van der Waals surface area contributed by atoms with Crippen LogP contribution in [0, 0.1) is 10.1 Å². The molecule has 0 aliphatic carbocycles. The largest absolute Gasteiger partial charge is 0.486 e. The van der Waals surface area contributed by atoms with Gasteiger partial charge in [-0.25, -0.2) is 0 Å². The van der Waals surface area contributed by atoms with Crippen LogP contribution in [0.25, 0.3) is 0 Å². The van der Waals surface area contributed by atoms with Crippen molar-refractivity contribution in [2.45, 2.75) is 19.4 Å². The summed E-state index contributed by atoms with van der Waals surface area (Å²) in [5, 5.41) is 13.9. The highest BCUT2D eigenvalue weighted by atomic mass is 16.6. The average Bonchev–Trinajstić information content (AvgIpc) is 3.09. The highest BCUT2D eigenvalue weighted by Gasteiger charge is 2.24. The van der Waals surface area contributed by atoms with Crippen LogP contribution in [0.5, 0.6) is 11.5 Å². The van der Waals surface area contributed by atoms with E-state index in [1.54, 1.807) is 12.1 Å². The minimum absolute atomic E-state index is 0.0808. The van der Waals surface area contributed by atoms with Crippen LogP contribution in [-0.2, 0) is 11.2 Å². The first kappa shape index (κ1) is 18.1. The van der Waals surface area contributed by atoms with E-state index in [1.807, 2.05) is 30.0 Å². The van der Waals surface area contributed by atoms with Gasteiger partial charge in [-0.1, -0.05) is 6.07 Å². The molecule has 4 rings (SSSR count). The number of rotatable bonds is 5. The zero-order valence-electron chi connectivity index (χ0n) is 15.5. The number of fused-ring (bicyclic) bond motifs is 2. The minimum atomic E-state index is -0.398. The second kappa shape index (κ2) is 7.38. The number of carbonyl (C=O) groups excluding carboxylic acids is 1. The van der Waals surface area contributed by atoms with Crippen molar-refractivity contribution in [3.8, 4) is 11.5 Å². The quantitative estimate of drug-likeness (QED) is 0.630. The molecule has 1 atom stereocenters. The number of benzene rings is 2. The standard InChI is InChI=1S/C20H21N3O5/c1-13(14-2-5-18-19(11-14)28-9-8-27-18)21-20(24)12-22-7-6-15-10-16(23(25)26)3-4-17(15)22/h2-5,10-11,13H,6-9,12H2,1H3,(H,21,24)/t13-/m0/s1. The Hall–Kier alpha value is -3.29. The molecule has 1 N–H and O–H groups in total. The molecule has 0 unspecified atom stereocenters. The van der Waals surface area contributed by atoms with Crippen molar-refractivity contribution in [3.63, 3.8) is 0 Å². The molecule has 2 aliphatic rings. The molecule has 0 radical (unpaired) electrons. The molecule has 8 nitrogen and oxygen atoms in total. The zero-order valence-corrected chi connectivity index (χ0v) is 15.5. The fourth-order valence-electron chi connectivity index (χ4n) is 3.61. The summed E-state index contributed by atoms with van der Waals surface area (Å²) in [4.78, 5) is 25.0. The van der Waals surface area contributed by atoms with Gasteiger partial charge in [0.1, 0.15) is 13.2 Å². The zero-order chi connectivity index (χ0) is 19.7. The number of amides is 1. The van der Waals surface area contributed by atoms with E-state index in [1.165, 1.54) is 6.07 Å². The van der Waals surface area contributed by atoms with Crippen molar-refractivity contribution < 1.29 is 19.2 Å². The number of ether oxygens (including phenoxy) is 2. The highest BCUT2D eigenvalue weighted by Crippen LogP contribution is 2.33. The number of carbonyl (C=O) groups is 1. The maximum Gasteiger partial charge on any atom is 0.269 e. The summed E-state index contributed by atoms with van der Waals surface area (Å²) >= 11 is 0. The number of hydrogen-bond acceptors (Lipinski definition) is 6. The molecular formula is C20H21N3O5. The third-order valence-electron chi connectivity index (χ3n) is 5.04. The number of nitrogens with one attached hydrogen (secondary N) is 1. The summed E-state index contributed by atoms with van der Waals surface area (Å²) in [6, 6.07) is 10.3. The van der Waals surface area contributed by atoms with E-state index in [4.69, 9.17) is 9.47 Å². The molecule has 2 aromatic carbocycles. The highest BCUT2D eigenvalue weighted by molar-refractivity contribution is 5.83. The molecule has 2 heterocycles. The molecule has 0 fully saturated rings. The summed E-state index contributed by atoms with van der Waals surface area (Å²) in [5.41, 5.74) is 2.81. The SMILES string of the molecule is C[C@H](NC(=O)CN1CCc2cc([N+](=O)[O-])ccc21)c1ccc2c(c1)OCCO2. The average molecular weight is 383 g/mol. The van der Waals surface area contributed by atoms with Crippen LogP contribution in [0.2, 0.25) is 0 Å². The number of anilines is 1. The number of nitro groups is 1. The molecule has 2 aliphatic heterocycles. The van der Waals surface area contributed by atoms with Gasteiger partial charge in [-0.05, 0) is 42.7 Å². The van der Waals surface area contributed by atoms with E-state index < -0.39 is 4.92 Å². The van der Waals surface area contributed by atoms with Crippen molar-refractivity contribution in [1.82, 2.24) is 5.32 Å². The Balaban J connectivity index is 1.39. The van der Waals surface area contributed by atoms with Gasteiger partial charge in [0.05, 0.1) is 17.5 Å². The summed E-state index contributed by atoms with van der Waals surface area (Å²) in [7, 11) is 0. The van der Waals surface area contributed by atoms with Crippen LogP contribution < -0.4 is 19.7 Å². The molecule has 1 amide bonds. The van der Waals surface area contributed by atoms with E-state index in [2.05, 4.69) is 5.32 Å². The Labute approximate surface area is 162 Å². The lowest BCUT2D eigenvalue weighted by molar-refractivity contribution is -0.384. The second-order valence-corrected chi connectivity index (χ2v) is 6.93. The maximum absolute atomic E-state index is 12.5. The number of non-ortho nitro benzene ring substituents is 1. The van der Waals surface area contributed by atoms with Gasteiger partial charge in [0.2, 0.25) is 5.91 Å². The van der Waals surface area contributed by atoms with Crippen molar-refractivity contribution >= 4 is 17.3 Å². The van der Waals surface area contributed by atoms with Crippen LogP contribution in [-0.4, -0.2) is 37.1 Å². The van der Waals surface area contributed by atoms with Crippen LogP contribution >= 0.6 is 0 Å². The second-order valence-electron chi connectivity index (χ2n) is 6.93. The van der Waals surface area contributed by atoms with Gasteiger partial charge >= 0.3 is 0 Å². The maximum atomic E-state index is 12.5. The number of hydrogen-bond donors (Lipinski definition) is 1. The van der Waals surface area contributed by atoms with Crippen LogP contribution in [0.1, 0.15) is 24.1 Å². The van der Waals surface area contributed by atoms with Gasteiger partial charge in [0.15, 0.2) is 11.5 Å². The van der Waals surface area contributed by atoms with Gasteiger partial charge in [-0.15, -0.1) is 0 Å². The lowest BCUT2D eigenvalue weighted by Gasteiger charge is -2.23. The van der Waals surface area contributed by atoms with Crippen LogP contribution in [0.4, 0.5) is 11.4 Å². The van der Waals surface area contributed by atoms with Gasteiger partial charge in [0, 0.05) is 24.4 Å². The van der Waals surface area contributed by atoms with E-state index in [9.17, 15) is 14.9 Å². The molecule has 2 aromatic rings. The fraction of sp³-hybridized carbons (Fsp3) is 0.350. The minimum Gasteiger partial charge on any atom is -0.486 e. The smallest absolute Gasteiger partial charge is 0.269 e. The molecule has 0 saturated heterocycles. The van der Waals surface area contributed by atoms with E-state index >= 15 is 0 Å². The third-order valence-corrected chi connectivity index (χ3v) is 5.04. The molecular weight excluding hydrogens is 362 g/mol. The Morgan fingerprint density at radius 3 is 2.79 bits per heavy atom. The predicted molar refractivity (Wildman–Crippen MR) is 103 cm³/mol. The molecule has 8 heteroatoms. The number of nitrogens with zero attached hydrogens (tertiary/aromatic N) is 2. The Morgan fingerprint density at radius 1 is 1.21 bits per heavy atom. The normalized spacial score (nSPS) is 15.7. The molecule has 28 heavy (non-hydrogen) atoms. The molecule has 146 valence electrons. The first-order valence-electron chi connectivity index (χ1n) is 9.22. The van der Waals surface area contributed by atoms with Crippen molar-refractivity contribution in [3.05, 3.63) is 57.6 Å². The monoisotopic (exact) mass is 383 g/mol. The van der Waals surface area contributed by atoms with Crippen molar-refractivity contribution in [1.29, 1.82) is 0 Å². The van der Waals surface area contributed by atoms with Crippen LogP contribution in [0.15, 0.2) is 36.4 Å². The molecule has 0 aromatic heterocycles. The Morgan fingerprint density at radius 2 is 2.00 bits per heavy atom. The van der Waals surface area contributed by atoms with Gasteiger partial charge < -0.3 is 19.7 Å². The topological polar surface area (TPSA) is 93.9 Å². The van der Waals surface area contributed by atoms with Gasteiger partial charge in [-0.3, -0.25) is 14.9 Å². The number of nitro benzene ring substituents is 1. The lowest BCUT2D eigenvalue weighted by atomic mass is 10.1. The van der Waals surface area contributed by atoms with E-state index in [0.29, 0.717) is 31.9 Å². The Kier molecular flexibility index (Phi) is 4.77. The Bertz CT molecular complexity index is 930. The van der Waals surface area contributed by atoms with Gasteiger partial charge in [-0.2, -0.15) is 0 Å². The van der Waals surface area contributed by atoms with Crippen molar-refractivity contribution in [2.24, 2.45) is 0 Å². The molecule has 0 bridgehead atoms. The van der Waals surface area contributed by atoms with E-state index in [-0.39, 0.29) is 24.2 Å². The lowest BCUT2D eigenvalue weighted by Crippen LogP contribution is -2.37. The molecule has 0 spiro atoms. The fourth-order valence-corrected chi connectivity index (χ4v) is 3.61. The van der Waals surface area contributed by atoms with Crippen LogP contribution in [0.3, 0.4) is 0 Å². The molecule has 0 saturated carbocycles. The summed E-state index contributed by atoms with van der Waals surface area (Å²) in [6.07, 6.45) is 0.696. The first-order chi connectivity index (χ1) is 13.5. The predicted octanol–water partition coefficient (Wildman–Crippen LogP) is 2.61. The summed E-state index contributed by atoms with van der Waals surface area (Å²) in [5.74, 6) is 1.31. The first-order valence-corrected chi connectivity index (χ1v) is 9.22. The summed E-state index contributed by atoms with van der Waals surface area (Å²) < 4.78 is 11.1. The third kappa shape index (κ3) is 3.58. The van der Waals surface area contributed by atoms with E-state index in [0.717, 1.165) is 22.6 Å². The van der Waals surface area contributed by atoms with Gasteiger partial charge in [0.25, 0.3) is 5.69 Å².